The summed E-state index contributed by atoms with van der Waals surface area (Å²) < 4.78 is 26.1. The van der Waals surface area contributed by atoms with Gasteiger partial charge in [-0.1, -0.05) is 5.11 Å². The van der Waals surface area contributed by atoms with Crippen molar-refractivity contribution >= 4 is 17.6 Å². The molecular weight excluding hydrogens is 479 g/mol. The highest BCUT2D eigenvalue weighted by Gasteiger charge is 2.35. The zero-order chi connectivity index (χ0) is 24.8. The van der Waals surface area contributed by atoms with Crippen LogP contribution in [0.5, 0.6) is 0 Å². The molecule has 0 bridgehead atoms. The topological polar surface area (TPSA) is 223 Å². The van der Waals surface area contributed by atoms with Crippen LogP contribution in [0.3, 0.4) is 0 Å². The van der Waals surface area contributed by atoms with E-state index in [0.717, 1.165) is 10.8 Å². The molecule has 0 spiro atoms. The minimum absolute atomic E-state index is 0.152. The SMILES string of the molecule is Nc1nc(=O)n([C@H]2CS[C@@H](CO)O2)cc1F.[N-]=[N+]=N[C@H]1C[C@H](n2ccc(=O)[nH]c2=O)O[C@@H]1CO. The zero-order valence-electron chi connectivity index (χ0n) is 17.4. The van der Waals surface area contributed by atoms with Gasteiger partial charge in [0.1, 0.15) is 17.9 Å². The molecule has 4 rings (SSSR count). The smallest absolute Gasteiger partial charge is 0.351 e. The maximum absolute atomic E-state index is 13.1. The maximum atomic E-state index is 13.1. The number of H-pyrrole nitrogens is 1. The van der Waals surface area contributed by atoms with Crippen LogP contribution in [0.25, 0.3) is 10.4 Å². The molecule has 2 aromatic rings. The predicted octanol–water partition coefficient (Wildman–Crippen LogP) is -0.960. The minimum atomic E-state index is -0.763. The van der Waals surface area contributed by atoms with Gasteiger partial charge in [-0.05, 0) is 5.53 Å². The van der Waals surface area contributed by atoms with Crippen molar-refractivity contribution in [1.82, 2.24) is 19.1 Å². The van der Waals surface area contributed by atoms with Crippen LogP contribution < -0.4 is 22.7 Å². The van der Waals surface area contributed by atoms with Gasteiger partial charge in [0.25, 0.3) is 5.56 Å². The predicted molar refractivity (Wildman–Crippen MR) is 116 cm³/mol. The van der Waals surface area contributed by atoms with E-state index in [1.54, 1.807) is 0 Å². The first-order chi connectivity index (χ1) is 16.3. The Hall–Kier alpha value is -3.21. The Bertz CT molecular complexity index is 1230. The molecule has 184 valence electrons. The molecule has 17 heteroatoms. The molecule has 0 aliphatic carbocycles. The van der Waals surface area contributed by atoms with Crippen molar-refractivity contribution in [2.24, 2.45) is 5.11 Å². The quantitative estimate of drug-likeness (QED) is 0.223. The largest absolute Gasteiger partial charge is 0.394 e. The molecule has 0 radical (unpaired) electrons. The summed E-state index contributed by atoms with van der Waals surface area (Å²) in [7, 11) is 0. The number of aromatic nitrogens is 4. The lowest BCUT2D eigenvalue weighted by molar-refractivity contribution is -0.0270. The number of thioether (sulfide) groups is 1. The van der Waals surface area contributed by atoms with E-state index in [1.165, 1.54) is 28.6 Å². The molecule has 2 aromatic heterocycles. The summed E-state index contributed by atoms with van der Waals surface area (Å²) in [4.78, 5) is 42.0. The number of aliphatic hydroxyl groups excluding tert-OH is 2. The number of nitrogen functional groups attached to an aromatic ring is 1. The molecule has 4 heterocycles. The summed E-state index contributed by atoms with van der Waals surface area (Å²) in [5.41, 5.74) is 11.4. The van der Waals surface area contributed by atoms with Crippen LogP contribution >= 0.6 is 11.8 Å². The lowest BCUT2D eigenvalue weighted by atomic mass is 10.1. The molecule has 0 saturated carbocycles. The number of halogens is 1. The summed E-state index contributed by atoms with van der Waals surface area (Å²) in [6, 6.07) is 0.656. The Kier molecular flexibility index (Phi) is 8.43. The second-order valence-corrected chi connectivity index (χ2v) is 8.23. The molecule has 2 saturated heterocycles. The molecule has 2 aliphatic heterocycles. The van der Waals surface area contributed by atoms with Gasteiger partial charge in [-0.3, -0.25) is 18.9 Å². The second-order valence-electron chi connectivity index (χ2n) is 7.04. The number of nitrogens with two attached hydrogens (primary N) is 1. The number of nitrogens with zero attached hydrogens (tertiary/aromatic N) is 6. The fourth-order valence-corrected chi connectivity index (χ4v) is 4.17. The summed E-state index contributed by atoms with van der Waals surface area (Å²) in [6.45, 7) is -0.459. The van der Waals surface area contributed by atoms with Gasteiger partial charge in [-0.15, -0.1) is 11.8 Å². The van der Waals surface area contributed by atoms with E-state index >= 15 is 0 Å². The summed E-state index contributed by atoms with van der Waals surface area (Å²) in [5.74, 6) is -0.734. The molecule has 5 N–H and O–H groups in total. The van der Waals surface area contributed by atoms with Gasteiger partial charge >= 0.3 is 11.4 Å². The van der Waals surface area contributed by atoms with E-state index in [-0.39, 0.29) is 19.6 Å². The third kappa shape index (κ3) is 5.82. The highest BCUT2D eigenvalue weighted by Crippen LogP contribution is 2.31. The van der Waals surface area contributed by atoms with Crippen LogP contribution in [0, 0.1) is 5.82 Å². The highest BCUT2D eigenvalue weighted by molar-refractivity contribution is 8.00. The third-order valence-electron chi connectivity index (χ3n) is 4.87. The average molecular weight is 500 g/mol. The van der Waals surface area contributed by atoms with Gasteiger partial charge in [0.2, 0.25) is 0 Å². The number of nitrogens with one attached hydrogen (secondary N) is 1. The fourth-order valence-electron chi connectivity index (χ4n) is 3.24. The number of hydrogen-bond donors (Lipinski definition) is 4. The van der Waals surface area contributed by atoms with Crippen LogP contribution in [0.2, 0.25) is 0 Å². The number of aliphatic hydroxyl groups is 2. The zero-order valence-corrected chi connectivity index (χ0v) is 18.2. The van der Waals surface area contributed by atoms with Crippen LogP contribution in [-0.2, 0) is 9.47 Å². The lowest BCUT2D eigenvalue weighted by Gasteiger charge is -2.13. The van der Waals surface area contributed by atoms with Gasteiger partial charge in [0.15, 0.2) is 11.6 Å². The monoisotopic (exact) mass is 500 g/mol. The number of ether oxygens (including phenoxy) is 2. The van der Waals surface area contributed by atoms with E-state index in [0.29, 0.717) is 5.75 Å². The van der Waals surface area contributed by atoms with Gasteiger partial charge in [-0.2, -0.15) is 4.98 Å². The molecular formula is C17H21FN8O7S. The average Bonchev–Trinajstić information content (AvgIpc) is 3.44. The Balaban J connectivity index is 0.000000192. The number of rotatable bonds is 5. The van der Waals surface area contributed by atoms with Crippen LogP contribution in [0.1, 0.15) is 18.9 Å². The van der Waals surface area contributed by atoms with Crippen LogP contribution in [0.4, 0.5) is 10.2 Å². The molecule has 5 atom stereocenters. The summed E-state index contributed by atoms with van der Waals surface area (Å²) in [5, 5.41) is 21.5. The van der Waals surface area contributed by atoms with E-state index < -0.39 is 58.6 Å². The van der Waals surface area contributed by atoms with Crippen molar-refractivity contribution in [3.8, 4) is 0 Å². The van der Waals surface area contributed by atoms with Crippen molar-refractivity contribution in [3.05, 3.63) is 66.0 Å². The Morgan fingerprint density at radius 1 is 1.29 bits per heavy atom. The van der Waals surface area contributed by atoms with E-state index in [4.69, 9.17) is 31.0 Å². The lowest BCUT2D eigenvalue weighted by Crippen LogP contribution is -2.31. The number of anilines is 1. The molecule has 34 heavy (non-hydrogen) atoms. The van der Waals surface area contributed by atoms with Gasteiger partial charge in [-0.25, -0.2) is 14.0 Å². The van der Waals surface area contributed by atoms with E-state index in [2.05, 4.69) is 20.0 Å². The van der Waals surface area contributed by atoms with Crippen molar-refractivity contribution in [2.75, 3.05) is 24.7 Å². The molecule has 2 aliphatic rings. The van der Waals surface area contributed by atoms with Crippen molar-refractivity contribution in [1.29, 1.82) is 0 Å². The Morgan fingerprint density at radius 2 is 2.06 bits per heavy atom. The molecule has 0 unspecified atom stereocenters. The Morgan fingerprint density at radius 3 is 2.68 bits per heavy atom. The Labute approximate surface area is 193 Å². The fraction of sp³-hybridized carbons (Fsp3) is 0.529. The number of azide groups is 1. The standard InChI is InChI=1S/C9H11N5O4.C8H10FN3O3S/c10-13-12-5-3-8(18-6(5)4-15)14-2-1-7(16)11-9(14)17;9-4-1-12(8(14)11-7(4)10)5-3-16-6(2-13)15-5/h1-2,5-6,8,15H,3-4H2,(H,11,16,17);1,5-6,13H,2-3H2,(H2,10,11,14)/t5-,6+,8+;5-,6+/m01/s1. The second kappa shape index (κ2) is 11.3. The first-order valence-corrected chi connectivity index (χ1v) is 10.9. The molecule has 15 nitrogen and oxygen atoms in total. The first kappa shape index (κ1) is 25.4. The van der Waals surface area contributed by atoms with E-state index in [9.17, 15) is 18.8 Å². The summed E-state index contributed by atoms with van der Waals surface area (Å²) >= 11 is 1.35. The van der Waals surface area contributed by atoms with Crippen LogP contribution in [-0.4, -0.2) is 65.9 Å². The third-order valence-corrected chi connectivity index (χ3v) is 5.98. The minimum Gasteiger partial charge on any atom is -0.394 e. The van der Waals surface area contributed by atoms with Gasteiger partial charge < -0.3 is 25.4 Å². The normalized spacial score (nSPS) is 25.9. The maximum Gasteiger partial charge on any atom is 0.351 e. The van der Waals surface area contributed by atoms with Crippen molar-refractivity contribution in [2.45, 2.75) is 36.5 Å². The first-order valence-electron chi connectivity index (χ1n) is 9.81. The van der Waals surface area contributed by atoms with E-state index in [1.807, 2.05) is 0 Å². The van der Waals surface area contributed by atoms with Gasteiger partial charge in [0, 0.05) is 29.3 Å². The van der Waals surface area contributed by atoms with Gasteiger partial charge in [0.05, 0.1) is 31.6 Å². The number of hydrogen-bond acceptors (Lipinski definition) is 11. The van der Waals surface area contributed by atoms with Crippen molar-refractivity contribution < 1.29 is 24.1 Å². The molecule has 0 amide bonds. The summed E-state index contributed by atoms with van der Waals surface area (Å²) in [6.07, 6.45) is 0.610. The molecule has 0 aromatic carbocycles. The van der Waals surface area contributed by atoms with Crippen LogP contribution in [0.15, 0.2) is 38.0 Å². The highest BCUT2D eigenvalue weighted by atomic mass is 32.2. The van der Waals surface area contributed by atoms with Crippen molar-refractivity contribution in [3.63, 3.8) is 0 Å². The molecule has 2 fully saturated rings. The number of aromatic amines is 1.